The van der Waals surface area contributed by atoms with Crippen molar-refractivity contribution in [1.29, 1.82) is 0 Å². The molecular formula is C16H13Cl2N7O5. The van der Waals surface area contributed by atoms with Crippen LogP contribution >= 0.6 is 23.2 Å². The molecule has 0 unspecified atom stereocenters. The molecule has 1 aromatic carbocycles. The number of carbonyl (C=O) groups is 1. The fourth-order valence-electron chi connectivity index (χ4n) is 2.69. The molecular weight excluding hydrogens is 441 g/mol. The van der Waals surface area contributed by atoms with Crippen LogP contribution in [0.2, 0.25) is 10.0 Å². The van der Waals surface area contributed by atoms with Crippen LogP contribution in [0.1, 0.15) is 11.3 Å². The highest BCUT2D eigenvalue weighted by Crippen LogP contribution is 2.29. The van der Waals surface area contributed by atoms with Crippen LogP contribution in [0.15, 0.2) is 30.6 Å². The number of hydrogen-bond acceptors (Lipinski definition) is 7. The van der Waals surface area contributed by atoms with Crippen molar-refractivity contribution in [2.75, 3.05) is 5.32 Å². The fourth-order valence-corrected chi connectivity index (χ4v) is 3.01. The van der Waals surface area contributed by atoms with Gasteiger partial charge in [0.05, 0.1) is 38.5 Å². The van der Waals surface area contributed by atoms with Gasteiger partial charge in [-0.1, -0.05) is 29.3 Å². The van der Waals surface area contributed by atoms with Gasteiger partial charge in [-0.05, 0) is 29.5 Å². The summed E-state index contributed by atoms with van der Waals surface area (Å²) in [6.45, 7) is 1.21. The van der Waals surface area contributed by atoms with Crippen LogP contribution in [0.25, 0.3) is 0 Å². The predicted octanol–water partition coefficient (Wildman–Crippen LogP) is 3.20. The molecule has 0 saturated heterocycles. The number of nitrogens with zero attached hydrogens (tertiary/aromatic N) is 6. The average molecular weight is 454 g/mol. The molecule has 0 spiro atoms. The lowest BCUT2D eigenvalue weighted by Gasteiger charge is -2.04. The Bertz CT molecular complexity index is 1160. The van der Waals surface area contributed by atoms with E-state index in [1.54, 1.807) is 29.1 Å². The molecule has 0 atom stereocenters. The summed E-state index contributed by atoms with van der Waals surface area (Å²) in [7, 11) is 0. The van der Waals surface area contributed by atoms with Gasteiger partial charge in [-0.15, -0.1) is 0 Å². The Morgan fingerprint density at radius 2 is 1.93 bits per heavy atom. The average Bonchev–Trinajstić information content (AvgIpc) is 3.22. The number of aromatic nitrogens is 4. The molecule has 2 heterocycles. The van der Waals surface area contributed by atoms with E-state index < -0.39 is 33.8 Å². The summed E-state index contributed by atoms with van der Waals surface area (Å²) < 4.78 is 2.47. The number of hydrogen-bond donors (Lipinski definition) is 1. The molecule has 0 fully saturated rings. The van der Waals surface area contributed by atoms with Gasteiger partial charge in [0.15, 0.2) is 0 Å². The van der Waals surface area contributed by atoms with E-state index >= 15 is 0 Å². The molecule has 3 aromatic rings. The van der Waals surface area contributed by atoms with E-state index in [0.29, 0.717) is 22.3 Å². The first-order chi connectivity index (χ1) is 14.2. The topological polar surface area (TPSA) is 151 Å². The molecule has 1 N–H and O–H groups in total. The zero-order valence-corrected chi connectivity index (χ0v) is 16.8. The van der Waals surface area contributed by atoms with Crippen LogP contribution < -0.4 is 5.32 Å². The maximum atomic E-state index is 12.3. The van der Waals surface area contributed by atoms with Crippen molar-refractivity contribution in [3.8, 4) is 0 Å². The number of benzene rings is 1. The van der Waals surface area contributed by atoms with E-state index in [0.717, 1.165) is 10.2 Å². The third-order valence-electron chi connectivity index (χ3n) is 4.05. The molecule has 0 bridgehead atoms. The first kappa shape index (κ1) is 21.2. The highest BCUT2D eigenvalue weighted by molar-refractivity contribution is 6.42. The van der Waals surface area contributed by atoms with Gasteiger partial charge in [0, 0.05) is 6.20 Å². The number of nitro groups is 2. The zero-order valence-electron chi connectivity index (χ0n) is 15.3. The van der Waals surface area contributed by atoms with Gasteiger partial charge in [-0.3, -0.25) is 19.6 Å². The normalized spacial score (nSPS) is 10.8. The second kappa shape index (κ2) is 8.47. The summed E-state index contributed by atoms with van der Waals surface area (Å²) in [5.41, 5.74) is 0.366. The maximum Gasteiger partial charge on any atom is 0.468 e. The lowest BCUT2D eigenvalue weighted by molar-refractivity contribution is -0.424. The molecule has 156 valence electrons. The lowest BCUT2D eigenvalue weighted by Crippen LogP contribution is -2.20. The monoisotopic (exact) mass is 453 g/mol. The van der Waals surface area contributed by atoms with Crippen molar-refractivity contribution in [3.63, 3.8) is 0 Å². The Hall–Kier alpha value is -3.51. The van der Waals surface area contributed by atoms with E-state index in [1.165, 1.54) is 13.1 Å². The highest BCUT2D eigenvalue weighted by Gasteiger charge is 2.35. The van der Waals surface area contributed by atoms with Gasteiger partial charge in [0.2, 0.25) is 5.91 Å². The number of anilines is 1. The van der Waals surface area contributed by atoms with Gasteiger partial charge >= 0.3 is 11.5 Å². The van der Waals surface area contributed by atoms with Gasteiger partial charge in [-0.25, -0.2) is 0 Å². The van der Waals surface area contributed by atoms with E-state index in [2.05, 4.69) is 15.5 Å². The standard InChI is InChI=1S/C16H13Cl2N7O5/c1-9-15(24(27)28)16(25(29)30)21-23(9)8-14(26)20-11-5-19-22(7-11)6-10-2-3-12(17)13(18)4-10/h2-5,7H,6,8H2,1H3,(H,20,26). The van der Waals surface area contributed by atoms with Crippen LogP contribution in [-0.4, -0.2) is 35.3 Å². The van der Waals surface area contributed by atoms with Crippen LogP contribution in [0.4, 0.5) is 17.2 Å². The predicted molar refractivity (Wildman–Crippen MR) is 107 cm³/mol. The smallest absolute Gasteiger partial charge is 0.358 e. The molecule has 2 aromatic heterocycles. The summed E-state index contributed by atoms with van der Waals surface area (Å²) in [6.07, 6.45) is 2.98. The van der Waals surface area contributed by atoms with Crippen molar-refractivity contribution >= 4 is 46.3 Å². The first-order valence-corrected chi connectivity index (χ1v) is 9.03. The first-order valence-electron chi connectivity index (χ1n) is 8.28. The second-order valence-electron chi connectivity index (χ2n) is 6.15. The Balaban J connectivity index is 1.69. The molecule has 3 rings (SSSR count). The van der Waals surface area contributed by atoms with Crippen molar-refractivity contribution in [2.24, 2.45) is 0 Å². The van der Waals surface area contributed by atoms with Crippen LogP contribution in [0.5, 0.6) is 0 Å². The third kappa shape index (κ3) is 4.55. The highest BCUT2D eigenvalue weighted by atomic mass is 35.5. The van der Waals surface area contributed by atoms with Gasteiger partial charge < -0.3 is 15.4 Å². The van der Waals surface area contributed by atoms with E-state index in [4.69, 9.17) is 23.2 Å². The van der Waals surface area contributed by atoms with Gasteiger partial charge in [-0.2, -0.15) is 9.78 Å². The molecule has 1 amide bonds. The summed E-state index contributed by atoms with van der Waals surface area (Å²) in [4.78, 5) is 32.4. The zero-order chi connectivity index (χ0) is 22.0. The quantitative estimate of drug-likeness (QED) is 0.425. The van der Waals surface area contributed by atoms with Crippen LogP contribution in [-0.2, 0) is 17.9 Å². The molecule has 0 aliphatic rings. The number of rotatable bonds is 7. The molecule has 12 nitrogen and oxygen atoms in total. The number of amides is 1. The maximum absolute atomic E-state index is 12.3. The van der Waals surface area contributed by atoms with Crippen LogP contribution in [0, 0.1) is 27.2 Å². The van der Waals surface area contributed by atoms with E-state index in [9.17, 15) is 25.0 Å². The minimum Gasteiger partial charge on any atom is -0.358 e. The number of nitrogens with one attached hydrogen (secondary N) is 1. The number of halogens is 2. The van der Waals surface area contributed by atoms with Crippen molar-refractivity contribution in [1.82, 2.24) is 19.6 Å². The summed E-state index contributed by atoms with van der Waals surface area (Å²) >= 11 is 11.9. The Labute approximate surface area is 178 Å². The minimum absolute atomic E-state index is 0.0998. The molecule has 0 aliphatic heterocycles. The molecule has 0 saturated carbocycles. The largest absolute Gasteiger partial charge is 0.468 e. The van der Waals surface area contributed by atoms with Gasteiger partial charge in [0.1, 0.15) is 12.2 Å². The molecule has 14 heteroatoms. The van der Waals surface area contributed by atoms with Crippen molar-refractivity contribution in [3.05, 3.63) is 72.1 Å². The van der Waals surface area contributed by atoms with Crippen molar-refractivity contribution in [2.45, 2.75) is 20.0 Å². The van der Waals surface area contributed by atoms with E-state index in [1.807, 2.05) is 0 Å². The fraction of sp³-hybridized carbons (Fsp3) is 0.188. The Kier molecular flexibility index (Phi) is 5.99. The lowest BCUT2D eigenvalue weighted by atomic mass is 10.2. The molecule has 0 radical (unpaired) electrons. The minimum atomic E-state index is -0.966. The van der Waals surface area contributed by atoms with Gasteiger partial charge in [0.25, 0.3) is 0 Å². The Morgan fingerprint density at radius 1 is 1.20 bits per heavy atom. The summed E-state index contributed by atoms with van der Waals surface area (Å²) in [5.74, 6) is -1.50. The van der Waals surface area contributed by atoms with E-state index in [-0.39, 0.29) is 5.69 Å². The SMILES string of the molecule is Cc1c([N+](=O)[O-])c([N+](=O)[O-])nn1CC(=O)Nc1cnn(Cc2ccc(Cl)c(Cl)c2)c1. The molecule has 30 heavy (non-hydrogen) atoms. The second-order valence-corrected chi connectivity index (χ2v) is 6.97. The number of carbonyl (C=O) groups excluding carboxylic acids is 1. The summed E-state index contributed by atoms with van der Waals surface area (Å²) in [5, 5.41) is 33.1. The summed E-state index contributed by atoms with van der Waals surface area (Å²) in [6, 6.07) is 5.15. The van der Waals surface area contributed by atoms with Crippen molar-refractivity contribution < 1.29 is 14.6 Å². The third-order valence-corrected chi connectivity index (χ3v) is 4.79. The Morgan fingerprint density at radius 3 is 2.53 bits per heavy atom. The van der Waals surface area contributed by atoms with Crippen LogP contribution in [0.3, 0.4) is 0 Å². The molecule has 0 aliphatic carbocycles.